The molecule has 1 aromatic carbocycles. The number of halogens is 2. The van der Waals surface area contributed by atoms with Gasteiger partial charge in [-0.05, 0) is 30.4 Å². The SMILES string of the molecule is CN=C(NCC(C(C)C)N1CCOCC1)NCC1(c2ccccc2F)CC1.I. The maximum atomic E-state index is 14.2. The summed E-state index contributed by atoms with van der Waals surface area (Å²) in [5.74, 6) is 1.23. The molecule has 1 unspecified atom stereocenters. The fourth-order valence-corrected chi connectivity index (χ4v) is 3.95. The number of nitrogens with zero attached hydrogens (tertiary/aromatic N) is 2. The highest BCUT2D eigenvalue weighted by Gasteiger charge is 2.45. The van der Waals surface area contributed by atoms with E-state index in [2.05, 4.69) is 34.4 Å². The van der Waals surface area contributed by atoms with E-state index in [1.807, 2.05) is 12.1 Å². The minimum absolute atomic E-state index is 0. The van der Waals surface area contributed by atoms with Gasteiger partial charge in [0.05, 0.1) is 13.2 Å². The highest BCUT2D eigenvalue weighted by atomic mass is 127. The second kappa shape index (κ2) is 10.7. The van der Waals surface area contributed by atoms with Crippen molar-refractivity contribution >= 4 is 29.9 Å². The maximum absolute atomic E-state index is 14.2. The van der Waals surface area contributed by atoms with Gasteiger partial charge < -0.3 is 15.4 Å². The first-order valence-corrected chi connectivity index (χ1v) is 10.1. The second-order valence-corrected chi connectivity index (χ2v) is 8.03. The van der Waals surface area contributed by atoms with Crippen molar-refractivity contribution in [1.82, 2.24) is 15.5 Å². The van der Waals surface area contributed by atoms with E-state index in [0.717, 1.165) is 57.2 Å². The van der Waals surface area contributed by atoms with Crippen LogP contribution >= 0.6 is 24.0 Å². The lowest BCUT2D eigenvalue weighted by molar-refractivity contribution is 0.00752. The van der Waals surface area contributed by atoms with Crippen LogP contribution < -0.4 is 10.6 Å². The third-order valence-corrected chi connectivity index (χ3v) is 5.88. The summed E-state index contributed by atoms with van der Waals surface area (Å²) in [5.41, 5.74) is 0.728. The number of guanidine groups is 1. The van der Waals surface area contributed by atoms with E-state index in [1.165, 1.54) is 0 Å². The Labute approximate surface area is 185 Å². The van der Waals surface area contributed by atoms with Crippen molar-refractivity contribution in [2.75, 3.05) is 46.4 Å². The van der Waals surface area contributed by atoms with Gasteiger partial charge in [-0.15, -0.1) is 24.0 Å². The van der Waals surface area contributed by atoms with Gasteiger partial charge in [-0.1, -0.05) is 32.0 Å². The Morgan fingerprint density at radius 3 is 2.46 bits per heavy atom. The lowest BCUT2D eigenvalue weighted by atomic mass is 9.95. The number of nitrogens with one attached hydrogen (secondary N) is 2. The van der Waals surface area contributed by atoms with Gasteiger partial charge in [0.25, 0.3) is 0 Å². The van der Waals surface area contributed by atoms with E-state index in [-0.39, 0.29) is 35.2 Å². The third-order valence-electron chi connectivity index (χ3n) is 5.88. The highest BCUT2D eigenvalue weighted by molar-refractivity contribution is 14.0. The number of hydrogen-bond acceptors (Lipinski definition) is 3. The first-order valence-electron chi connectivity index (χ1n) is 10.1. The lowest BCUT2D eigenvalue weighted by Crippen LogP contribution is -2.53. The molecule has 0 radical (unpaired) electrons. The molecule has 2 fully saturated rings. The molecule has 0 spiro atoms. The van der Waals surface area contributed by atoms with Crippen molar-refractivity contribution in [3.05, 3.63) is 35.6 Å². The molecule has 1 heterocycles. The van der Waals surface area contributed by atoms with Crippen LogP contribution in [-0.2, 0) is 10.2 Å². The van der Waals surface area contributed by atoms with Crippen molar-refractivity contribution in [2.24, 2.45) is 10.9 Å². The van der Waals surface area contributed by atoms with Crippen molar-refractivity contribution in [2.45, 2.75) is 38.1 Å². The van der Waals surface area contributed by atoms with Gasteiger partial charge in [0, 0.05) is 44.7 Å². The Bertz CT molecular complexity index is 645. The monoisotopic (exact) mass is 504 g/mol. The normalized spacial score (nSPS) is 20.4. The van der Waals surface area contributed by atoms with E-state index in [9.17, 15) is 4.39 Å². The summed E-state index contributed by atoms with van der Waals surface area (Å²) in [5, 5.41) is 6.90. The first-order chi connectivity index (χ1) is 13.1. The molecule has 0 amide bonds. The number of ether oxygens (including phenoxy) is 1. The van der Waals surface area contributed by atoms with E-state index < -0.39 is 0 Å². The zero-order valence-electron chi connectivity index (χ0n) is 17.2. The second-order valence-electron chi connectivity index (χ2n) is 8.03. The van der Waals surface area contributed by atoms with Gasteiger partial charge >= 0.3 is 0 Å². The van der Waals surface area contributed by atoms with Crippen molar-refractivity contribution in [3.63, 3.8) is 0 Å². The molecule has 2 aliphatic rings. The Morgan fingerprint density at radius 2 is 1.89 bits per heavy atom. The Hall–Kier alpha value is -0.930. The van der Waals surface area contributed by atoms with E-state index in [0.29, 0.717) is 18.5 Å². The fraction of sp³-hybridized carbons (Fsp3) is 0.667. The van der Waals surface area contributed by atoms with Gasteiger partial charge in [0.15, 0.2) is 5.96 Å². The molecule has 0 bridgehead atoms. The zero-order chi connectivity index (χ0) is 19.3. The first kappa shape index (κ1) is 23.3. The Balaban J connectivity index is 0.00000280. The number of benzene rings is 1. The Kier molecular flexibility index (Phi) is 8.95. The molecule has 5 nitrogen and oxygen atoms in total. The predicted octanol–water partition coefficient (Wildman–Crippen LogP) is 3.00. The summed E-state index contributed by atoms with van der Waals surface area (Å²) >= 11 is 0. The summed E-state index contributed by atoms with van der Waals surface area (Å²) in [4.78, 5) is 6.87. The van der Waals surface area contributed by atoms with Crippen LogP contribution in [0.5, 0.6) is 0 Å². The molecule has 1 saturated carbocycles. The van der Waals surface area contributed by atoms with Crippen LogP contribution in [0.1, 0.15) is 32.3 Å². The van der Waals surface area contributed by atoms with Gasteiger partial charge in [0.1, 0.15) is 5.82 Å². The average Bonchev–Trinajstić information content (AvgIpc) is 3.46. The topological polar surface area (TPSA) is 48.9 Å². The molecule has 2 N–H and O–H groups in total. The van der Waals surface area contributed by atoms with Crippen molar-refractivity contribution < 1.29 is 9.13 Å². The summed E-state index contributed by atoms with van der Waals surface area (Å²) in [6, 6.07) is 7.57. The molecule has 1 aromatic rings. The number of hydrogen-bond donors (Lipinski definition) is 2. The minimum Gasteiger partial charge on any atom is -0.379 e. The molecule has 3 rings (SSSR count). The third kappa shape index (κ3) is 5.79. The largest absolute Gasteiger partial charge is 0.379 e. The molecular formula is C21H34FIN4O. The molecule has 1 aliphatic carbocycles. The number of rotatable bonds is 7. The van der Waals surface area contributed by atoms with Crippen LogP contribution in [-0.4, -0.2) is 63.3 Å². The molecule has 7 heteroatoms. The number of morpholine rings is 1. The van der Waals surface area contributed by atoms with Gasteiger partial charge in [-0.3, -0.25) is 9.89 Å². The zero-order valence-corrected chi connectivity index (χ0v) is 19.5. The molecule has 158 valence electrons. The lowest BCUT2D eigenvalue weighted by Gasteiger charge is -2.37. The Morgan fingerprint density at radius 1 is 1.21 bits per heavy atom. The van der Waals surface area contributed by atoms with E-state index >= 15 is 0 Å². The van der Waals surface area contributed by atoms with Crippen LogP contribution in [0.15, 0.2) is 29.3 Å². The molecule has 28 heavy (non-hydrogen) atoms. The maximum Gasteiger partial charge on any atom is 0.191 e. The van der Waals surface area contributed by atoms with Crippen LogP contribution in [0.4, 0.5) is 4.39 Å². The predicted molar refractivity (Wildman–Crippen MR) is 123 cm³/mol. The number of aliphatic imine (C=N–C) groups is 1. The highest BCUT2D eigenvalue weighted by Crippen LogP contribution is 2.48. The van der Waals surface area contributed by atoms with Gasteiger partial charge in [-0.2, -0.15) is 0 Å². The minimum atomic E-state index is -0.105. The van der Waals surface area contributed by atoms with Crippen molar-refractivity contribution in [3.8, 4) is 0 Å². The van der Waals surface area contributed by atoms with Crippen LogP contribution in [0, 0.1) is 11.7 Å². The van der Waals surface area contributed by atoms with Crippen LogP contribution in [0.3, 0.4) is 0 Å². The van der Waals surface area contributed by atoms with E-state index in [4.69, 9.17) is 4.74 Å². The quantitative estimate of drug-likeness (QED) is 0.341. The molecule has 0 aromatic heterocycles. The standard InChI is InChI=1S/C21H33FN4O.HI/c1-16(2)19(26-10-12-27-13-11-26)14-24-20(23-3)25-15-21(8-9-21)17-6-4-5-7-18(17)22;/h4-7,16,19H,8-15H2,1-3H3,(H2,23,24,25);1H. The van der Waals surface area contributed by atoms with Crippen LogP contribution in [0.2, 0.25) is 0 Å². The van der Waals surface area contributed by atoms with Gasteiger partial charge in [-0.25, -0.2) is 4.39 Å². The van der Waals surface area contributed by atoms with Crippen molar-refractivity contribution in [1.29, 1.82) is 0 Å². The molecule has 1 atom stereocenters. The van der Waals surface area contributed by atoms with E-state index in [1.54, 1.807) is 19.2 Å². The summed E-state index contributed by atoms with van der Waals surface area (Å²) < 4.78 is 19.7. The fourth-order valence-electron chi connectivity index (χ4n) is 3.95. The molecular weight excluding hydrogens is 470 g/mol. The summed E-state index contributed by atoms with van der Waals surface area (Å²) in [6.07, 6.45) is 2.03. The van der Waals surface area contributed by atoms with Gasteiger partial charge in [0.2, 0.25) is 0 Å². The smallest absolute Gasteiger partial charge is 0.191 e. The van der Waals surface area contributed by atoms with Crippen LogP contribution in [0.25, 0.3) is 0 Å². The summed E-state index contributed by atoms with van der Waals surface area (Å²) in [6.45, 7) is 9.63. The molecule has 1 saturated heterocycles. The average molecular weight is 504 g/mol. The summed E-state index contributed by atoms with van der Waals surface area (Å²) in [7, 11) is 1.79. The molecule has 1 aliphatic heterocycles.